The van der Waals surface area contributed by atoms with Gasteiger partial charge in [-0.05, 0) is 48.2 Å². The van der Waals surface area contributed by atoms with Crippen molar-refractivity contribution >= 4 is 26.6 Å². The molecule has 0 saturated heterocycles. The van der Waals surface area contributed by atoms with Crippen LogP contribution < -0.4 is 5.32 Å². The zero-order valence-corrected chi connectivity index (χ0v) is 15.1. The number of benzene rings is 2. The number of aromatic nitrogens is 1. The van der Waals surface area contributed by atoms with Crippen molar-refractivity contribution in [3.63, 3.8) is 0 Å². The molecule has 0 bridgehead atoms. The lowest BCUT2D eigenvalue weighted by Crippen LogP contribution is -2.25. The predicted octanol–water partition coefficient (Wildman–Crippen LogP) is 3.46. The lowest BCUT2D eigenvalue weighted by Gasteiger charge is -2.08. The Morgan fingerprint density at radius 3 is 2.44 bits per heavy atom. The molecule has 2 aromatic carbocycles. The summed E-state index contributed by atoms with van der Waals surface area (Å²) in [5, 5.41) is 3.89. The molecule has 27 heavy (non-hydrogen) atoms. The number of rotatable bonds is 7. The SMILES string of the molecule is O=C(NCCCn1ccc2ccccc21)c1ccc(S(=O)(=O)C(F)F)cc1. The number of nitrogens with one attached hydrogen (secondary N) is 1. The second kappa shape index (κ2) is 7.87. The highest BCUT2D eigenvalue weighted by atomic mass is 32.2. The number of fused-ring (bicyclic) bond motifs is 1. The van der Waals surface area contributed by atoms with Gasteiger partial charge in [-0.3, -0.25) is 4.79 Å². The van der Waals surface area contributed by atoms with E-state index in [1.54, 1.807) is 0 Å². The Morgan fingerprint density at radius 1 is 1.04 bits per heavy atom. The quantitative estimate of drug-likeness (QED) is 0.626. The summed E-state index contributed by atoms with van der Waals surface area (Å²) in [5.41, 5.74) is 1.34. The molecule has 1 N–H and O–H groups in total. The van der Waals surface area contributed by atoms with Crippen LogP contribution in [0.4, 0.5) is 8.78 Å². The molecule has 3 aromatic rings. The minimum Gasteiger partial charge on any atom is -0.352 e. The van der Waals surface area contributed by atoms with E-state index in [2.05, 4.69) is 9.88 Å². The maximum atomic E-state index is 12.5. The van der Waals surface area contributed by atoms with E-state index in [1.807, 2.05) is 36.5 Å². The molecular weight excluding hydrogens is 374 g/mol. The summed E-state index contributed by atoms with van der Waals surface area (Å²) >= 11 is 0. The van der Waals surface area contributed by atoms with Gasteiger partial charge in [0, 0.05) is 30.4 Å². The number of carbonyl (C=O) groups excluding carboxylic acids is 1. The van der Waals surface area contributed by atoms with Crippen LogP contribution in [0.1, 0.15) is 16.8 Å². The van der Waals surface area contributed by atoms with Crippen molar-refractivity contribution < 1.29 is 22.0 Å². The van der Waals surface area contributed by atoms with Crippen LogP contribution in [-0.4, -0.2) is 31.2 Å². The highest BCUT2D eigenvalue weighted by Crippen LogP contribution is 2.18. The minimum atomic E-state index is -4.65. The first-order valence-corrected chi connectivity index (χ1v) is 9.88. The van der Waals surface area contributed by atoms with Gasteiger partial charge in [0.2, 0.25) is 9.84 Å². The van der Waals surface area contributed by atoms with Gasteiger partial charge in [-0.2, -0.15) is 8.78 Å². The van der Waals surface area contributed by atoms with Gasteiger partial charge < -0.3 is 9.88 Å². The maximum Gasteiger partial charge on any atom is 0.341 e. The number of sulfone groups is 1. The fourth-order valence-corrected chi connectivity index (χ4v) is 3.51. The molecule has 0 atom stereocenters. The van der Waals surface area contributed by atoms with E-state index in [4.69, 9.17) is 0 Å². The number of amides is 1. The molecule has 142 valence electrons. The van der Waals surface area contributed by atoms with E-state index in [9.17, 15) is 22.0 Å². The minimum absolute atomic E-state index is 0.217. The molecule has 0 radical (unpaired) electrons. The third-order valence-electron chi connectivity index (χ3n) is 4.22. The van der Waals surface area contributed by atoms with Crippen LogP contribution in [-0.2, 0) is 16.4 Å². The average molecular weight is 392 g/mol. The standard InChI is InChI=1S/C19H18F2N2O3S/c20-19(21)27(25,26)16-8-6-15(7-9-16)18(24)22-11-3-12-23-13-10-14-4-1-2-5-17(14)23/h1-2,4-10,13,19H,3,11-12H2,(H,22,24). The van der Waals surface area contributed by atoms with Crippen molar-refractivity contribution in [2.75, 3.05) is 6.54 Å². The Kier molecular flexibility index (Phi) is 5.55. The van der Waals surface area contributed by atoms with Crippen molar-refractivity contribution in [3.05, 3.63) is 66.4 Å². The van der Waals surface area contributed by atoms with Crippen LogP contribution in [0.5, 0.6) is 0 Å². The topological polar surface area (TPSA) is 68.2 Å². The molecule has 5 nitrogen and oxygen atoms in total. The van der Waals surface area contributed by atoms with Gasteiger partial charge in [-0.25, -0.2) is 8.42 Å². The molecule has 0 spiro atoms. The van der Waals surface area contributed by atoms with E-state index in [1.165, 1.54) is 12.1 Å². The lowest BCUT2D eigenvalue weighted by molar-refractivity contribution is 0.0952. The number of hydrogen-bond acceptors (Lipinski definition) is 3. The van der Waals surface area contributed by atoms with E-state index in [0.29, 0.717) is 13.0 Å². The second-order valence-electron chi connectivity index (χ2n) is 6.01. The summed E-state index contributed by atoms with van der Waals surface area (Å²) in [7, 11) is -4.65. The summed E-state index contributed by atoms with van der Waals surface area (Å²) in [5.74, 6) is -3.87. The van der Waals surface area contributed by atoms with E-state index >= 15 is 0 Å². The first kappa shape index (κ1) is 19.0. The fraction of sp³-hybridized carbons (Fsp3) is 0.211. The number of aryl methyl sites for hydroxylation is 1. The molecule has 0 unspecified atom stereocenters. The van der Waals surface area contributed by atoms with Crippen LogP contribution in [0, 0.1) is 0 Å². The van der Waals surface area contributed by atoms with Gasteiger partial charge in [-0.1, -0.05) is 18.2 Å². The average Bonchev–Trinajstić information content (AvgIpc) is 3.08. The van der Waals surface area contributed by atoms with E-state index in [-0.39, 0.29) is 11.5 Å². The Bertz CT molecular complexity index is 1040. The van der Waals surface area contributed by atoms with Gasteiger partial charge in [0.15, 0.2) is 0 Å². The maximum absolute atomic E-state index is 12.5. The molecule has 8 heteroatoms. The first-order chi connectivity index (χ1) is 12.9. The Hall–Kier alpha value is -2.74. The Balaban J connectivity index is 1.54. The van der Waals surface area contributed by atoms with Crippen LogP contribution in [0.15, 0.2) is 65.7 Å². The molecular formula is C19H18F2N2O3S. The van der Waals surface area contributed by atoms with Crippen molar-refractivity contribution in [3.8, 4) is 0 Å². The van der Waals surface area contributed by atoms with Crippen molar-refractivity contribution in [2.45, 2.75) is 23.6 Å². The summed E-state index contributed by atoms with van der Waals surface area (Å²) in [6.45, 7) is 1.17. The smallest absolute Gasteiger partial charge is 0.341 e. The van der Waals surface area contributed by atoms with Crippen LogP contribution in [0.2, 0.25) is 0 Å². The zero-order chi connectivity index (χ0) is 19.4. The summed E-state index contributed by atoms with van der Waals surface area (Å²) in [6.07, 6.45) is 2.71. The highest BCUT2D eigenvalue weighted by molar-refractivity contribution is 7.91. The second-order valence-corrected chi connectivity index (χ2v) is 7.93. The number of hydrogen-bond donors (Lipinski definition) is 1. The molecule has 0 saturated carbocycles. The normalized spacial score (nSPS) is 11.8. The fourth-order valence-electron chi connectivity index (χ4n) is 2.79. The molecule has 0 fully saturated rings. The van der Waals surface area contributed by atoms with Gasteiger partial charge >= 0.3 is 5.76 Å². The Morgan fingerprint density at radius 2 is 1.74 bits per heavy atom. The monoisotopic (exact) mass is 392 g/mol. The molecule has 0 aliphatic rings. The van der Waals surface area contributed by atoms with Gasteiger partial charge in [-0.15, -0.1) is 0 Å². The molecule has 1 aromatic heterocycles. The predicted molar refractivity (Wildman–Crippen MR) is 98.5 cm³/mol. The van der Waals surface area contributed by atoms with Gasteiger partial charge in [0.05, 0.1) is 4.90 Å². The van der Waals surface area contributed by atoms with Crippen LogP contribution in [0.25, 0.3) is 10.9 Å². The molecule has 3 rings (SSSR count). The highest BCUT2D eigenvalue weighted by Gasteiger charge is 2.26. The number of alkyl halides is 2. The third-order valence-corrected chi connectivity index (χ3v) is 5.62. The molecule has 1 heterocycles. The molecule has 0 aliphatic heterocycles. The Labute approximate surface area is 155 Å². The van der Waals surface area contributed by atoms with Crippen molar-refractivity contribution in [2.24, 2.45) is 0 Å². The largest absolute Gasteiger partial charge is 0.352 e. The van der Waals surface area contributed by atoms with Crippen LogP contribution >= 0.6 is 0 Å². The van der Waals surface area contributed by atoms with E-state index < -0.39 is 20.5 Å². The molecule has 1 amide bonds. The van der Waals surface area contributed by atoms with Gasteiger partial charge in [0.25, 0.3) is 5.91 Å². The zero-order valence-electron chi connectivity index (χ0n) is 14.3. The lowest BCUT2D eigenvalue weighted by atomic mass is 10.2. The number of para-hydroxylation sites is 1. The summed E-state index contributed by atoms with van der Waals surface area (Å²) in [4.78, 5) is 11.6. The number of nitrogens with zero attached hydrogens (tertiary/aromatic N) is 1. The van der Waals surface area contributed by atoms with Crippen molar-refractivity contribution in [1.29, 1.82) is 0 Å². The first-order valence-electron chi connectivity index (χ1n) is 8.34. The summed E-state index contributed by atoms with van der Waals surface area (Å²) in [6, 6.07) is 14.5. The van der Waals surface area contributed by atoms with Crippen LogP contribution in [0.3, 0.4) is 0 Å². The summed E-state index contributed by atoms with van der Waals surface area (Å²) < 4.78 is 49.9. The van der Waals surface area contributed by atoms with Gasteiger partial charge in [0.1, 0.15) is 0 Å². The number of carbonyl (C=O) groups is 1. The van der Waals surface area contributed by atoms with E-state index in [0.717, 1.165) is 29.6 Å². The number of halogens is 2. The molecule has 0 aliphatic carbocycles. The third kappa shape index (κ3) is 4.16. The van der Waals surface area contributed by atoms with Crippen molar-refractivity contribution in [1.82, 2.24) is 9.88 Å².